The SMILES string of the molecule is NC(=O)CC(NC(=O)C(CC(=O)O)NC(=O)C(N)Cc1cnc[nH]1)C(=O)NCC(=O)O. The third-order valence-electron chi connectivity index (χ3n) is 3.80. The lowest BCUT2D eigenvalue weighted by molar-refractivity contribution is -0.142. The van der Waals surface area contributed by atoms with Crippen LogP contribution < -0.4 is 27.4 Å². The van der Waals surface area contributed by atoms with Crippen molar-refractivity contribution >= 4 is 35.6 Å². The maximum Gasteiger partial charge on any atom is 0.322 e. The Morgan fingerprint density at radius 2 is 1.58 bits per heavy atom. The molecule has 0 radical (unpaired) electrons. The monoisotopic (exact) mass is 441 g/mol. The molecule has 0 aromatic carbocycles. The van der Waals surface area contributed by atoms with Gasteiger partial charge in [0.05, 0.1) is 25.2 Å². The molecule has 15 nitrogen and oxygen atoms in total. The average Bonchev–Trinajstić information content (AvgIpc) is 3.17. The van der Waals surface area contributed by atoms with Crippen LogP contribution in [-0.2, 0) is 35.2 Å². The van der Waals surface area contributed by atoms with Gasteiger partial charge < -0.3 is 42.6 Å². The van der Waals surface area contributed by atoms with Crippen LogP contribution in [0.15, 0.2) is 12.5 Å². The molecule has 4 amide bonds. The third-order valence-corrected chi connectivity index (χ3v) is 3.80. The van der Waals surface area contributed by atoms with Crippen LogP contribution in [0, 0.1) is 0 Å². The summed E-state index contributed by atoms with van der Waals surface area (Å²) in [4.78, 5) is 76.2. The quantitative estimate of drug-likeness (QED) is 0.146. The Morgan fingerprint density at radius 1 is 0.968 bits per heavy atom. The molecule has 0 aliphatic rings. The molecule has 31 heavy (non-hydrogen) atoms. The number of carboxylic acid groups (broad SMARTS) is 2. The Hall–Kier alpha value is -4.01. The minimum Gasteiger partial charge on any atom is -0.481 e. The first-order valence-electron chi connectivity index (χ1n) is 8.82. The number of aromatic amines is 1. The van der Waals surface area contributed by atoms with Crippen molar-refractivity contribution < 1.29 is 39.0 Å². The molecule has 1 rings (SSSR count). The molecule has 15 heteroatoms. The first-order valence-corrected chi connectivity index (χ1v) is 8.82. The van der Waals surface area contributed by atoms with Crippen LogP contribution in [0.3, 0.4) is 0 Å². The third kappa shape index (κ3) is 9.35. The standard InChI is InChI=1S/C16H23N7O8/c17-8(1-7-4-19-6-21-7)14(29)22-10(3-12(25)26)16(31)23-9(2-11(18)24)15(30)20-5-13(27)28/h4,6,8-10H,1-3,5,17H2,(H2,18,24)(H,19,21)(H,20,30)(H,22,29)(H,23,31)(H,25,26)(H,27,28). The summed E-state index contributed by atoms with van der Waals surface area (Å²) in [5.41, 5.74) is 11.3. The number of hydrogen-bond donors (Lipinski definition) is 8. The van der Waals surface area contributed by atoms with E-state index in [0.29, 0.717) is 5.69 Å². The van der Waals surface area contributed by atoms with Gasteiger partial charge in [-0.3, -0.25) is 28.8 Å². The number of nitrogens with one attached hydrogen (secondary N) is 4. The second kappa shape index (κ2) is 11.9. The molecule has 0 fully saturated rings. The van der Waals surface area contributed by atoms with Crippen LogP contribution >= 0.6 is 0 Å². The van der Waals surface area contributed by atoms with Crippen LogP contribution in [0.25, 0.3) is 0 Å². The Kier molecular flexibility index (Phi) is 9.58. The summed E-state index contributed by atoms with van der Waals surface area (Å²) < 4.78 is 0. The number of rotatable bonds is 13. The molecule has 0 bridgehead atoms. The van der Waals surface area contributed by atoms with Crippen LogP contribution in [-0.4, -0.2) is 80.4 Å². The van der Waals surface area contributed by atoms with E-state index < -0.39 is 73.1 Å². The first kappa shape index (κ1) is 25.0. The summed E-state index contributed by atoms with van der Waals surface area (Å²) in [5, 5.41) is 23.9. The number of nitrogens with two attached hydrogens (primary N) is 2. The molecule has 0 aliphatic heterocycles. The van der Waals surface area contributed by atoms with Gasteiger partial charge >= 0.3 is 11.9 Å². The summed E-state index contributed by atoms with van der Waals surface area (Å²) in [6, 6.07) is -4.37. The maximum absolute atomic E-state index is 12.5. The Balaban J connectivity index is 2.86. The number of amides is 4. The van der Waals surface area contributed by atoms with Crippen molar-refractivity contribution in [3.8, 4) is 0 Å². The molecular weight excluding hydrogens is 418 g/mol. The normalized spacial score (nSPS) is 13.3. The van der Waals surface area contributed by atoms with Crippen molar-refractivity contribution in [2.75, 3.05) is 6.54 Å². The lowest BCUT2D eigenvalue weighted by Gasteiger charge is -2.22. The molecule has 170 valence electrons. The van der Waals surface area contributed by atoms with Gasteiger partial charge in [0, 0.05) is 18.3 Å². The molecule has 0 saturated carbocycles. The summed E-state index contributed by atoms with van der Waals surface area (Å²) >= 11 is 0. The number of carbonyl (C=O) groups excluding carboxylic acids is 4. The van der Waals surface area contributed by atoms with Crippen molar-refractivity contribution in [1.29, 1.82) is 0 Å². The van der Waals surface area contributed by atoms with E-state index in [1.54, 1.807) is 0 Å². The highest BCUT2D eigenvalue weighted by Crippen LogP contribution is 2.01. The minimum absolute atomic E-state index is 0.0230. The van der Waals surface area contributed by atoms with Crippen LogP contribution in [0.2, 0.25) is 0 Å². The molecule has 0 saturated heterocycles. The summed E-state index contributed by atoms with van der Waals surface area (Å²) in [6.45, 7) is -0.790. The number of aromatic nitrogens is 2. The molecule has 3 atom stereocenters. The predicted molar refractivity (Wildman–Crippen MR) is 101 cm³/mol. The number of primary amides is 1. The van der Waals surface area contributed by atoms with Gasteiger partial charge in [-0.15, -0.1) is 0 Å². The summed E-state index contributed by atoms with van der Waals surface area (Å²) in [5.74, 6) is -6.80. The van der Waals surface area contributed by atoms with Gasteiger partial charge in [0.15, 0.2) is 0 Å². The molecule has 3 unspecified atom stereocenters. The lowest BCUT2D eigenvalue weighted by Crippen LogP contribution is -2.57. The van der Waals surface area contributed by atoms with Crippen LogP contribution in [0.4, 0.5) is 0 Å². The van der Waals surface area contributed by atoms with Gasteiger partial charge in [-0.25, -0.2) is 4.98 Å². The van der Waals surface area contributed by atoms with Gasteiger partial charge in [-0.2, -0.15) is 0 Å². The van der Waals surface area contributed by atoms with E-state index in [2.05, 4.69) is 20.6 Å². The minimum atomic E-state index is -1.64. The zero-order chi connectivity index (χ0) is 23.6. The predicted octanol–water partition coefficient (Wildman–Crippen LogP) is -4.20. The Labute approximate surface area is 174 Å². The zero-order valence-corrected chi connectivity index (χ0v) is 16.2. The van der Waals surface area contributed by atoms with E-state index in [9.17, 15) is 28.8 Å². The number of imidazole rings is 1. The Bertz CT molecular complexity index is 826. The van der Waals surface area contributed by atoms with Crippen molar-refractivity contribution in [2.45, 2.75) is 37.4 Å². The van der Waals surface area contributed by atoms with E-state index >= 15 is 0 Å². The van der Waals surface area contributed by atoms with Crippen LogP contribution in [0.1, 0.15) is 18.5 Å². The van der Waals surface area contributed by atoms with Crippen LogP contribution in [0.5, 0.6) is 0 Å². The molecular formula is C16H23N7O8. The molecule has 1 aromatic rings. The number of carbonyl (C=O) groups is 6. The van der Waals surface area contributed by atoms with Crippen molar-refractivity contribution in [3.63, 3.8) is 0 Å². The largest absolute Gasteiger partial charge is 0.481 e. The number of aliphatic carboxylic acids is 2. The maximum atomic E-state index is 12.5. The fraction of sp³-hybridized carbons (Fsp3) is 0.438. The van der Waals surface area contributed by atoms with E-state index in [1.165, 1.54) is 12.5 Å². The highest BCUT2D eigenvalue weighted by molar-refractivity contribution is 5.96. The Morgan fingerprint density at radius 3 is 2.10 bits per heavy atom. The summed E-state index contributed by atoms with van der Waals surface area (Å²) in [7, 11) is 0. The van der Waals surface area contributed by atoms with E-state index in [1.807, 2.05) is 5.32 Å². The smallest absolute Gasteiger partial charge is 0.322 e. The number of hydrogen-bond acceptors (Lipinski definition) is 8. The number of carboxylic acids is 2. The van der Waals surface area contributed by atoms with Crippen molar-refractivity contribution in [1.82, 2.24) is 25.9 Å². The zero-order valence-electron chi connectivity index (χ0n) is 16.2. The fourth-order valence-corrected chi connectivity index (χ4v) is 2.36. The van der Waals surface area contributed by atoms with Crippen molar-refractivity contribution in [3.05, 3.63) is 18.2 Å². The van der Waals surface area contributed by atoms with Gasteiger partial charge in [0.1, 0.15) is 18.6 Å². The topological polar surface area (TPSA) is 260 Å². The highest BCUT2D eigenvalue weighted by Gasteiger charge is 2.30. The second-order valence-corrected chi connectivity index (χ2v) is 6.39. The lowest BCUT2D eigenvalue weighted by atomic mass is 10.1. The molecule has 1 heterocycles. The van der Waals surface area contributed by atoms with E-state index in [0.717, 1.165) is 0 Å². The highest BCUT2D eigenvalue weighted by atomic mass is 16.4. The van der Waals surface area contributed by atoms with Crippen molar-refractivity contribution in [2.24, 2.45) is 11.5 Å². The first-order chi connectivity index (χ1) is 14.5. The molecule has 1 aromatic heterocycles. The number of H-pyrrole nitrogens is 1. The van der Waals surface area contributed by atoms with E-state index in [-0.39, 0.29) is 6.42 Å². The number of nitrogens with zero attached hydrogens (tertiary/aromatic N) is 1. The molecule has 10 N–H and O–H groups in total. The van der Waals surface area contributed by atoms with Gasteiger partial charge in [-0.05, 0) is 0 Å². The molecule has 0 spiro atoms. The summed E-state index contributed by atoms with van der Waals surface area (Å²) in [6.07, 6.45) is 1.28. The van der Waals surface area contributed by atoms with Gasteiger partial charge in [0.2, 0.25) is 23.6 Å². The van der Waals surface area contributed by atoms with Gasteiger partial charge in [-0.1, -0.05) is 0 Å². The average molecular weight is 441 g/mol. The second-order valence-electron chi connectivity index (χ2n) is 6.39. The van der Waals surface area contributed by atoms with E-state index in [4.69, 9.17) is 21.7 Å². The molecule has 0 aliphatic carbocycles. The van der Waals surface area contributed by atoms with Gasteiger partial charge in [0.25, 0.3) is 0 Å². The fourth-order valence-electron chi connectivity index (χ4n) is 2.36.